The summed E-state index contributed by atoms with van der Waals surface area (Å²) in [5.41, 5.74) is 1.01. The lowest BCUT2D eigenvalue weighted by Gasteiger charge is -2.05. The minimum absolute atomic E-state index is 0.498. The van der Waals surface area contributed by atoms with Crippen LogP contribution >= 0.6 is 0 Å². The van der Waals surface area contributed by atoms with Crippen molar-refractivity contribution < 1.29 is 0 Å². The Balaban J connectivity index is 2.03. The van der Waals surface area contributed by atoms with Gasteiger partial charge in [-0.3, -0.25) is 0 Å². The van der Waals surface area contributed by atoms with E-state index in [1.54, 1.807) is 0 Å². The van der Waals surface area contributed by atoms with Crippen LogP contribution in [-0.4, -0.2) is 35.1 Å². The quantitative estimate of drug-likeness (QED) is 0.662. The predicted octanol–water partition coefficient (Wildman–Crippen LogP) is -0.468. The Bertz CT molecular complexity index is 263. The molecule has 72 valence electrons. The Morgan fingerprint density at radius 2 is 2.69 bits per heavy atom. The molecule has 5 heteroatoms. The summed E-state index contributed by atoms with van der Waals surface area (Å²) in [5, 5.41) is 14.5. The summed E-state index contributed by atoms with van der Waals surface area (Å²) >= 11 is 0. The molecular weight excluding hydrogens is 166 g/mol. The monoisotopic (exact) mass is 181 g/mol. The number of hydrogen-bond acceptors (Lipinski definition) is 4. The van der Waals surface area contributed by atoms with Crippen molar-refractivity contribution in [2.75, 3.05) is 20.1 Å². The predicted molar refractivity (Wildman–Crippen MR) is 49.3 cm³/mol. The molecule has 1 fully saturated rings. The fourth-order valence-corrected chi connectivity index (χ4v) is 1.62. The van der Waals surface area contributed by atoms with Gasteiger partial charge in [-0.25, -0.2) is 4.68 Å². The van der Waals surface area contributed by atoms with Gasteiger partial charge in [-0.15, -0.1) is 5.10 Å². The van der Waals surface area contributed by atoms with Gasteiger partial charge < -0.3 is 10.6 Å². The molecule has 0 saturated carbocycles. The SMILES string of the molecule is CNCc1cn(C2CCNC2)nn1. The van der Waals surface area contributed by atoms with E-state index < -0.39 is 0 Å². The topological polar surface area (TPSA) is 54.8 Å². The fourth-order valence-electron chi connectivity index (χ4n) is 1.62. The van der Waals surface area contributed by atoms with Crippen LogP contribution in [0.1, 0.15) is 18.2 Å². The van der Waals surface area contributed by atoms with Crippen LogP contribution in [0.25, 0.3) is 0 Å². The van der Waals surface area contributed by atoms with Crippen molar-refractivity contribution in [3.05, 3.63) is 11.9 Å². The van der Waals surface area contributed by atoms with Crippen molar-refractivity contribution in [2.45, 2.75) is 19.0 Å². The van der Waals surface area contributed by atoms with Gasteiger partial charge in [0, 0.05) is 13.1 Å². The summed E-state index contributed by atoms with van der Waals surface area (Å²) in [6.07, 6.45) is 3.18. The minimum Gasteiger partial charge on any atom is -0.315 e. The van der Waals surface area contributed by atoms with Gasteiger partial charge in [-0.1, -0.05) is 5.21 Å². The van der Waals surface area contributed by atoms with Gasteiger partial charge in [0.1, 0.15) is 0 Å². The normalized spacial score (nSPS) is 22.4. The van der Waals surface area contributed by atoms with E-state index in [1.807, 2.05) is 17.9 Å². The third-order valence-electron chi connectivity index (χ3n) is 2.32. The molecule has 1 aliphatic rings. The number of aromatic nitrogens is 3. The Labute approximate surface area is 77.5 Å². The molecule has 1 atom stereocenters. The highest BCUT2D eigenvalue weighted by atomic mass is 15.4. The third kappa shape index (κ3) is 1.87. The minimum atomic E-state index is 0.498. The summed E-state index contributed by atoms with van der Waals surface area (Å²) in [6, 6.07) is 0.498. The lowest BCUT2D eigenvalue weighted by Crippen LogP contribution is -2.13. The average Bonchev–Trinajstić information content (AvgIpc) is 2.70. The van der Waals surface area contributed by atoms with Crippen LogP contribution in [0, 0.1) is 0 Å². The van der Waals surface area contributed by atoms with Crippen LogP contribution in [0.4, 0.5) is 0 Å². The molecule has 1 aliphatic heterocycles. The number of rotatable bonds is 3. The Morgan fingerprint density at radius 3 is 3.38 bits per heavy atom. The van der Waals surface area contributed by atoms with Crippen molar-refractivity contribution in [3.8, 4) is 0 Å². The molecular formula is C8H15N5. The van der Waals surface area contributed by atoms with Gasteiger partial charge in [0.05, 0.1) is 17.9 Å². The van der Waals surface area contributed by atoms with Crippen LogP contribution < -0.4 is 10.6 Å². The summed E-state index contributed by atoms with van der Waals surface area (Å²) in [5.74, 6) is 0. The first kappa shape index (κ1) is 8.65. The van der Waals surface area contributed by atoms with Crippen LogP contribution in [0.3, 0.4) is 0 Å². The molecule has 5 nitrogen and oxygen atoms in total. The third-order valence-corrected chi connectivity index (χ3v) is 2.32. The summed E-state index contributed by atoms with van der Waals surface area (Å²) in [6.45, 7) is 2.90. The molecule has 0 amide bonds. The highest BCUT2D eigenvalue weighted by molar-refractivity contribution is 4.93. The maximum atomic E-state index is 4.10. The molecule has 0 aliphatic carbocycles. The van der Waals surface area contributed by atoms with Gasteiger partial charge >= 0.3 is 0 Å². The number of hydrogen-bond donors (Lipinski definition) is 2. The van der Waals surface area contributed by atoms with Crippen LogP contribution in [0.2, 0.25) is 0 Å². The zero-order chi connectivity index (χ0) is 9.10. The van der Waals surface area contributed by atoms with Crippen molar-refractivity contribution in [2.24, 2.45) is 0 Å². The Kier molecular flexibility index (Phi) is 2.56. The van der Waals surface area contributed by atoms with Gasteiger partial charge in [-0.2, -0.15) is 0 Å². The van der Waals surface area contributed by atoms with Crippen molar-refractivity contribution in [3.63, 3.8) is 0 Å². The molecule has 0 spiro atoms. The molecule has 0 aromatic carbocycles. The van der Waals surface area contributed by atoms with E-state index in [9.17, 15) is 0 Å². The Morgan fingerprint density at radius 1 is 1.77 bits per heavy atom. The largest absolute Gasteiger partial charge is 0.315 e. The molecule has 1 unspecified atom stereocenters. The zero-order valence-electron chi connectivity index (χ0n) is 7.82. The second kappa shape index (κ2) is 3.85. The maximum absolute atomic E-state index is 4.10. The summed E-state index contributed by atoms with van der Waals surface area (Å²) in [4.78, 5) is 0. The van der Waals surface area contributed by atoms with E-state index in [2.05, 4.69) is 20.9 Å². The number of nitrogens with zero attached hydrogens (tertiary/aromatic N) is 3. The molecule has 2 heterocycles. The first-order chi connectivity index (χ1) is 6.40. The molecule has 0 radical (unpaired) electrons. The molecule has 1 aromatic heterocycles. The van der Waals surface area contributed by atoms with E-state index in [4.69, 9.17) is 0 Å². The lowest BCUT2D eigenvalue weighted by molar-refractivity contribution is 0.476. The highest BCUT2D eigenvalue weighted by Gasteiger charge is 2.17. The Hall–Kier alpha value is -0.940. The van der Waals surface area contributed by atoms with Crippen molar-refractivity contribution in [1.82, 2.24) is 25.6 Å². The molecule has 1 aromatic rings. The van der Waals surface area contributed by atoms with Crippen LogP contribution in [0.5, 0.6) is 0 Å². The van der Waals surface area contributed by atoms with Crippen LogP contribution in [-0.2, 0) is 6.54 Å². The van der Waals surface area contributed by atoms with Crippen molar-refractivity contribution in [1.29, 1.82) is 0 Å². The second-order valence-corrected chi connectivity index (χ2v) is 3.37. The fraction of sp³-hybridized carbons (Fsp3) is 0.750. The summed E-state index contributed by atoms with van der Waals surface area (Å²) < 4.78 is 1.96. The molecule has 13 heavy (non-hydrogen) atoms. The van der Waals surface area contributed by atoms with Crippen LogP contribution in [0.15, 0.2) is 6.20 Å². The van der Waals surface area contributed by atoms with Gasteiger partial charge in [0.15, 0.2) is 0 Å². The molecule has 2 rings (SSSR count). The molecule has 1 saturated heterocycles. The summed E-state index contributed by atoms with van der Waals surface area (Å²) in [7, 11) is 1.91. The van der Waals surface area contributed by atoms with Gasteiger partial charge in [0.25, 0.3) is 0 Å². The van der Waals surface area contributed by atoms with E-state index in [-0.39, 0.29) is 0 Å². The second-order valence-electron chi connectivity index (χ2n) is 3.37. The van der Waals surface area contributed by atoms with E-state index >= 15 is 0 Å². The van der Waals surface area contributed by atoms with E-state index in [0.29, 0.717) is 6.04 Å². The van der Waals surface area contributed by atoms with E-state index in [0.717, 1.165) is 31.7 Å². The molecule has 0 bridgehead atoms. The first-order valence-corrected chi connectivity index (χ1v) is 4.66. The first-order valence-electron chi connectivity index (χ1n) is 4.66. The van der Waals surface area contributed by atoms with Crippen molar-refractivity contribution >= 4 is 0 Å². The lowest BCUT2D eigenvalue weighted by atomic mass is 10.3. The maximum Gasteiger partial charge on any atom is 0.0964 e. The smallest absolute Gasteiger partial charge is 0.0964 e. The van der Waals surface area contributed by atoms with Gasteiger partial charge in [-0.05, 0) is 20.0 Å². The number of nitrogens with one attached hydrogen (secondary N) is 2. The standard InChI is InChI=1S/C8H15N5/c1-9-4-7-6-13(12-11-7)8-2-3-10-5-8/h6,8-10H,2-5H2,1H3. The molecule has 2 N–H and O–H groups in total. The zero-order valence-corrected chi connectivity index (χ0v) is 7.82. The van der Waals surface area contributed by atoms with E-state index in [1.165, 1.54) is 0 Å². The highest BCUT2D eigenvalue weighted by Crippen LogP contribution is 2.13. The average molecular weight is 181 g/mol. The van der Waals surface area contributed by atoms with Gasteiger partial charge in [0.2, 0.25) is 0 Å².